The van der Waals surface area contributed by atoms with E-state index in [1.165, 1.54) is 0 Å². The zero-order chi connectivity index (χ0) is 14.4. The summed E-state index contributed by atoms with van der Waals surface area (Å²) in [5.74, 6) is 0.748. The van der Waals surface area contributed by atoms with E-state index in [0.717, 1.165) is 0 Å². The number of carbonyl (C=O) groups is 2. The predicted molar refractivity (Wildman–Crippen MR) is 71.1 cm³/mol. The summed E-state index contributed by atoms with van der Waals surface area (Å²) in [5.41, 5.74) is 0.551. The fourth-order valence-electron chi connectivity index (χ4n) is 1.66. The quantitative estimate of drug-likeness (QED) is 0.808. The summed E-state index contributed by atoms with van der Waals surface area (Å²) >= 11 is 0. The first-order valence-corrected chi connectivity index (χ1v) is 6.29. The van der Waals surface area contributed by atoms with Gasteiger partial charge in [-0.25, -0.2) is 4.79 Å². The lowest BCUT2D eigenvalue weighted by atomic mass is 10.2. The summed E-state index contributed by atoms with van der Waals surface area (Å²) in [6, 6.07) is 4.58. The lowest BCUT2D eigenvalue weighted by molar-refractivity contribution is -0.141. The van der Waals surface area contributed by atoms with E-state index >= 15 is 0 Å². The molecular formula is C13H16N2O5. The fourth-order valence-corrected chi connectivity index (χ4v) is 1.66. The Hall–Kier alpha value is -2.44. The summed E-state index contributed by atoms with van der Waals surface area (Å²) in [6.07, 6.45) is 0. The van der Waals surface area contributed by atoms with Crippen molar-refractivity contribution in [2.24, 2.45) is 0 Å². The molecule has 0 atom stereocenters. The van der Waals surface area contributed by atoms with Gasteiger partial charge in [-0.15, -0.1) is 0 Å². The van der Waals surface area contributed by atoms with Crippen molar-refractivity contribution < 1.29 is 23.8 Å². The second-order valence-electron chi connectivity index (χ2n) is 3.97. The SMILES string of the molecule is CCOC(=O)CNC(=O)Nc1ccc2c(c1)OCCO2. The number of anilines is 1. The molecule has 1 aromatic carbocycles. The Morgan fingerprint density at radius 2 is 2.00 bits per heavy atom. The Labute approximate surface area is 116 Å². The second kappa shape index (κ2) is 6.65. The van der Waals surface area contributed by atoms with Gasteiger partial charge >= 0.3 is 12.0 Å². The molecule has 2 rings (SSSR count). The molecule has 0 saturated heterocycles. The summed E-state index contributed by atoms with van der Waals surface area (Å²) in [5, 5.41) is 5.00. The van der Waals surface area contributed by atoms with E-state index in [1.807, 2.05) is 0 Å². The molecule has 2 amide bonds. The van der Waals surface area contributed by atoms with E-state index in [-0.39, 0.29) is 13.2 Å². The highest BCUT2D eigenvalue weighted by Crippen LogP contribution is 2.32. The number of benzene rings is 1. The van der Waals surface area contributed by atoms with Gasteiger partial charge in [-0.1, -0.05) is 0 Å². The van der Waals surface area contributed by atoms with Crippen molar-refractivity contribution in [3.63, 3.8) is 0 Å². The Morgan fingerprint density at radius 1 is 1.25 bits per heavy atom. The van der Waals surface area contributed by atoms with Crippen LogP contribution in [0.1, 0.15) is 6.92 Å². The van der Waals surface area contributed by atoms with Crippen LogP contribution in [-0.4, -0.2) is 38.4 Å². The number of ether oxygens (including phenoxy) is 3. The molecule has 20 heavy (non-hydrogen) atoms. The number of hydrogen-bond donors (Lipinski definition) is 2. The third-order valence-electron chi connectivity index (χ3n) is 2.50. The minimum atomic E-state index is -0.491. The van der Waals surface area contributed by atoms with Crippen molar-refractivity contribution in [2.75, 3.05) is 31.7 Å². The summed E-state index contributed by atoms with van der Waals surface area (Å²) < 4.78 is 15.5. The van der Waals surface area contributed by atoms with Crippen molar-refractivity contribution in [1.29, 1.82) is 0 Å². The van der Waals surface area contributed by atoms with Crippen molar-refractivity contribution in [1.82, 2.24) is 5.32 Å². The normalized spacial score (nSPS) is 12.4. The number of urea groups is 1. The summed E-state index contributed by atoms with van der Waals surface area (Å²) in [4.78, 5) is 22.7. The Bertz CT molecular complexity index is 504. The van der Waals surface area contributed by atoms with E-state index in [4.69, 9.17) is 14.2 Å². The number of hydrogen-bond acceptors (Lipinski definition) is 5. The summed E-state index contributed by atoms with van der Waals surface area (Å²) in [6.45, 7) is 2.80. The van der Waals surface area contributed by atoms with E-state index in [0.29, 0.717) is 30.4 Å². The molecule has 0 unspecified atom stereocenters. The van der Waals surface area contributed by atoms with E-state index in [1.54, 1.807) is 25.1 Å². The maximum atomic E-state index is 11.6. The van der Waals surface area contributed by atoms with Crippen LogP contribution in [0, 0.1) is 0 Å². The molecule has 0 bridgehead atoms. The highest BCUT2D eigenvalue weighted by Gasteiger charge is 2.13. The van der Waals surface area contributed by atoms with Crippen LogP contribution in [0.15, 0.2) is 18.2 Å². The van der Waals surface area contributed by atoms with Gasteiger partial charge in [0.15, 0.2) is 11.5 Å². The first kappa shape index (κ1) is 14.0. The molecule has 0 aromatic heterocycles. The standard InChI is InChI=1S/C13H16N2O5/c1-2-18-12(16)8-14-13(17)15-9-3-4-10-11(7-9)20-6-5-19-10/h3-4,7H,2,5-6,8H2,1H3,(H2,14,15,17). The van der Waals surface area contributed by atoms with Gasteiger partial charge in [-0.05, 0) is 19.1 Å². The van der Waals surface area contributed by atoms with Crippen molar-refractivity contribution >= 4 is 17.7 Å². The Kier molecular flexibility index (Phi) is 4.65. The molecule has 108 valence electrons. The van der Waals surface area contributed by atoms with Gasteiger partial charge in [0.05, 0.1) is 6.61 Å². The van der Waals surface area contributed by atoms with Gasteiger partial charge in [0.2, 0.25) is 0 Å². The minimum absolute atomic E-state index is 0.176. The highest BCUT2D eigenvalue weighted by molar-refractivity contribution is 5.91. The zero-order valence-corrected chi connectivity index (χ0v) is 11.1. The molecule has 1 heterocycles. The van der Waals surface area contributed by atoms with Gasteiger partial charge in [0, 0.05) is 11.8 Å². The second-order valence-corrected chi connectivity index (χ2v) is 3.97. The molecular weight excluding hydrogens is 264 g/mol. The van der Waals surface area contributed by atoms with Crippen molar-refractivity contribution in [3.05, 3.63) is 18.2 Å². The van der Waals surface area contributed by atoms with Gasteiger partial charge in [0.25, 0.3) is 0 Å². The smallest absolute Gasteiger partial charge is 0.325 e. The van der Waals surface area contributed by atoms with Crippen LogP contribution in [-0.2, 0) is 9.53 Å². The number of carbonyl (C=O) groups excluding carboxylic acids is 2. The molecule has 1 aliphatic heterocycles. The molecule has 1 aliphatic rings. The van der Waals surface area contributed by atoms with Gasteiger partial charge in [-0.3, -0.25) is 4.79 Å². The lowest BCUT2D eigenvalue weighted by Gasteiger charge is -2.19. The van der Waals surface area contributed by atoms with E-state index < -0.39 is 12.0 Å². The van der Waals surface area contributed by atoms with Crippen molar-refractivity contribution in [2.45, 2.75) is 6.92 Å². The van der Waals surface area contributed by atoms with Crippen molar-refractivity contribution in [3.8, 4) is 11.5 Å². The average Bonchev–Trinajstić information content (AvgIpc) is 2.45. The first-order chi connectivity index (χ1) is 9.69. The lowest BCUT2D eigenvalue weighted by Crippen LogP contribution is -2.34. The molecule has 0 saturated carbocycles. The van der Waals surface area contributed by atoms with Crippen LogP contribution in [0.3, 0.4) is 0 Å². The largest absolute Gasteiger partial charge is 0.486 e. The fraction of sp³-hybridized carbons (Fsp3) is 0.385. The number of esters is 1. The predicted octanol–water partition coefficient (Wildman–Crippen LogP) is 1.14. The molecule has 7 heteroatoms. The van der Waals surface area contributed by atoms with Gasteiger partial charge < -0.3 is 24.8 Å². The topological polar surface area (TPSA) is 85.9 Å². The molecule has 0 aliphatic carbocycles. The van der Waals surface area contributed by atoms with Crippen LogP contribution < -0.4 is 20.1 Å². The molecule has 7 nitrogen and oxygen atoms in total. The molecule has 0 spiro atoms. The highest BCUT2D eigenvalue weighted by atomic mass is 16.6. The number of amides is 2. The van der Waals surface area contributed by atoms with Crippen LogP contribution in [0.25, 0.3) is 0 Å². The van der Waals surface area contributed by atoms with Crippen LogP contribution in [0.5, 0.6) is 11.5 Å². The van der Waals surface area contributed by atoms with E-state index in [9.17, 15) is 9.59 Å². The maximum Gasteiger partial charge on any atom is 0.325 e. The zero-order valence-electron chi connectivity index (χ0n) is 11.1. The van der Waals surface area contributed by atoms with Crippen LogP contribution in [0.4, 0.5) is 10.5 Å². The van der Waals surface area contributed by atoms with Crippen LogP contribution in [0.2, 0.25) is 0 Å². The monoisotopic (exact) mass is 280 g/mol. The minimum Gasteiger partial charge on any atom is -0.486 e. The molecule has 1 aromatic rings. The average molecular weight is 280 g/mol. The number of rotatable bonds is 4. The van der Waals surface area contributed by atoms with E-state index in [2.05, 4.69) is 10.6 Å². The Morgan fingerprint density at radius 3 is 2.75 bits per heavy atom. The Balaban J connectivity index is 1.86. The number of nitrogens with one attached hydrogen (secondary N) is 2. The third-order valence-corrected chi connectivity index (χ3v) is 2.50. The van der Waals surface area contributed by atoms with Gasteiger partial charge in [-0.2, -0.15) is 0 Å². The third kappa shape index (κ3) is 3.78. The first-order valence-electron chi connectivity index (χ1n) is 6.29. The number of fused-ring (bicyclic) bond motifs is 1. The molecule has 0 fully saturated rings. The van der Waals surface area contributed by atoms with Gasteiger partial charge in [0.1, 0.15) is 19.8 Å². The maximum absolute atomic E-state index is 11.6. The molecule has 0 radical (unpaired) electrons. The van der Waals surface area contributed by atoms with Crippen LogP contribution >= 0.6 is 0 Å². The summed E-state index contributed by atoms with van der Waals surface area (Å²) in [7, 11) is 0. The molecule has 2 N–H and O–H groups in total.